The zero-order valence-corrected chi connectivity index (χ0v) is 27.7. The molecule has 2 aromatic heterocycles. The minimum absolute atomic E-state index is 0.0138. The van der Waals surface area contributed by atoms with Crippen LogP contribution in [0.15, 0.2) is 59.6 Å². The van der Waals surface area contributed by atoms with Gasteiger partial charge in [0.1, 0.15) is 5.69 Å². The van der Waals surface area contributed by atoms with E-state index in [1.807, 2.05) is 23.4 Å². The van der Waals surface area contributed by atoms with Crippen molar-refractivity contribution in [3.8, 4) is 23.2 Å². The van der Waals surface area contributed by atoms with Crippen molar-refractivity contribution in [2.45, 2.75) is 31.0 Å². The van der Waals surface area contributed by atoms with Crippen LogP contribution in [0.5, 0.6) is 0 Å². The molecule has 4 heterocycles. The van der Waals surface area contributed by atoms with E-state index in [1.165, 1.54) is 36.5 Å². The van der Waals surface area contributed by atoms with Crippen LogP contribution in [0.3, 0.4) is 0 Å². The van der Waals surface area contributed by atoms with E-state index >= 15 is 0 Å². The molecule has 0 unspecified atom stereocenters. The Labute approximate surface area is 282 Å². The van der Waals surface area contributed by atoms with Gasteiger partial charge in [0.2, 0.25) is 5.95 Å². The van der Waals surface area contributed by atoms with Gasteiger partial charge in [-0.3, -0.25) is 14.4 Å². The van der Waals surface area contributed by atoms with Gasteiger partial charge in [-0.15, -0.1) is 0 Å². The molecule has 49 heavy (non-hydrogen) atoms. The second-order valence-corrected chi connectivity index (χ2v) is 13.6. The third-order valence-corrected chi connectivity index (χ3v) is 10.1. The number of carbonyl (C=O) groups is 1. The number of fused-ring (bicyclic) bond motifs is 1. The fourth-order valence-electron chi connectivity index (χ4n) is 6.08. The smallest absolute Gasteiger partial charge is 0.368 e. The SMILES string of the molecule is CCN1CCN(Cc2ccc(NS(=O)(=O)c3cccc(C#Cc4cnc(N)nc4-c4cc5c(n4C)CCNC5=O)c3)cc2C(F)(F)F)CC1. The zero-order chi connectivity index (χ0) is 34.9. The first-order chi connectivity index (χ1) is 23.3. The fourth-order valence-corrected chi connectivity index (χ4v) is 7.18. The topological polar surface area (TPSA) is 138 Å². The third-order valence-electron chi connectivity index (χ3n) is 8.76. The van der Waals surface area contributed by atoms with Crippen molar-refractivity contribution in [2.75, 3.05) is 49.7 Å². The lowest BCUT2D eigenvalue weighted by Crippen LogP contribution is -2.45. The molecule has 256 valence electrons. The number of nitrogens with zero attached hydrogens (tertiary/aromatic N) is 5. The number of nitrogens with two attached hydrogens (primary N) is 1. The second kappa shape index (κ2) is 13.5. The number of carbonyl (C=O) groups excluding carboxylic acids is 1. The number of piperazine rings is 1. The van der Waals surface area contributed by atoms with E-state index in [0.29, 0.717) is 54.1 Å². The van der Waals surface area contributed by atoms with E-state index in [0.717, 1.165) is 31.4 Å². The van der Waals surface area contributed by atoms with Crippen LogP contribution in [-0.2, 0) is 36.2 Å². The number of benzene rings is 2. The highest BCUT2D eigenvalue weighted by atomic mass is 32.2. The van der Waals surface area contributed by atoms with Gasteiger partial charge in [0.25, 0.3) is 15.9 Å². The Bertz CT molecular complexity index is 2080. The summed E-state index contributed by atoms with van der Waals surface area (Å²) in [5, 5.41) is 2.82. The van der Waals surface area contributed by atoms with Crippen molar-refractivity contribution in [1.29, 1.82) is 0 Å². The Morgan fingerprint density at radius 1 is 1.04 bits per heavy atom. The van der Waals surface area contributed by atoms with Crippen LogP contribution < -0.4 is 15.8 Å². The number of nitrogens with one attached hydrogen (secondary N) is 2. The molecule has 0 bridgehead atoms. The standard InChI is InChI=1S/C34H35F3N8O3S/c1-3-44-13-15-45(16-14-44)21-24-9-10-25(18-28(24)34(35,36)37)42-49(47,48)26-6-4-5-22(17-26)7-8-23-20-40-33(38)41-31(23)30-19-27-29(43(30)2)11-12-39-32(27)46/h4-6,9-10,17-20,42H,3,11-16,21H2,1-2H3,(H,39,46)(H2,38,40,41). The summed E-state index contributed by atoms with van der Waals surface area (Å²) in [6, 6.07) is 11.0. The van der Waals surface area contributed by atoms with E-state index in [1.54, 1.807) is 12.1 Å². The third kappa shape index (κ3) is 7.41. The molecule has 4 N–H and O–H groups in total. The van der Waals surface area contributed by atoms with Gasteiger partial charge in [-0.05, 0) is 48.5 Å². The second-order valence-electron chi connectivity index (χ2n) is 11.9. The number of nitrogen functional groups attached to an aromatic ring is 1. The van der Waals surface area contributed by atoms with Gasteiger partial charge in [-0.1, -0.05) is 30.9 Å². The number of alkyl halides is 3. The Morgan fingerprint density at radius 2 is 1.80 bits per heavy atom. The normalized spacial score (nSPS) is 15.7. The van der Waals surface area contributed by atoms with Gasteiger partial charge in [0, 0.05) is 75.9 Å². The van der Waals surface area contributed by atoms with Crippen molar-refractivity contribution in [3.63, 3.8) is 0 Å². The molecule has 1 fully saturated rings. The molecule has 0 aliphatic carbocycles. The van der Waals surface area contributed by atoms with Crippen molar-refractivity contribution < 1.29 is 26.4 Å². The maximum absolute atomic E-state index is 14.1. The summed E-state index contributed by atoms with van der Waals surface area (Å²) in [7, 11) is -2.46. The van der Waals surface area contributed by atoms with Crippen LogP contribution in [0.2, 0.25) is 0 Å². The number of aromatic nitrogens is 3. The monoisotopic (exact) mass is 692 g/mol. The van der Waals surface area contributed by atoms with Crippen LogP contribution in [0, 0.1) is 11.8 Å². The van der Waals surface area contributed by atoms with E-state index in [2.05, 4.69) is 36.7 Å². The fraction of sp³-hybridized carbons (Fsp3) is 0.324. The summed E-state index contributed by atoms with van der Waals surface area (Å²) in [5.74, 6) is 5.74. The van der Waals surface area contributed by atoms with Crippen molar-refractivity contribution in [3.05, 3.63) is 88.2 Å². The highest BCUT2D eigenvalue weighted by molar-refractivity contribution is 7.92. The minimum Gasteiger partial charge on any atom is -0.368 e. The van der Waals surface area contributed by atoms with Gasteiger partial charge < -0.3 is 20.5 Å². The molecular formula is C34H35F3N8O3S. The lowest BCUT2D eigenvalue weighted by atomic mass is 10.1. The number of sulfonamides is 1. The molecule has 15 heteroatoms. The van der Waals surface area contributed by atoms with Gasteiger partial charge >= 0.3 is 6.18 Å². The van der Waals surface area contributed by atoms with Crippen LogP contribution in [0.25, 0.3) is 11.4 Å². The lowest BCUT2D eigenvalue weighted by Gasteiger charge is -2.34. The summed E-state index contributed by atoms with van der Waals surface area (Å²) < 4.78 is 73.3. The summed E-state index contributed by atoms with van der Waals surface area (Å²) in [5.41, 5.74) is 8.02. The summed E-state index contributed by atoms with van der Waals surface area (Å²) in [6.45, 7) is 6.43. The van der Waals surface area contributed by atoms with Gasteiger partial charge in [-0.25, -0.2) is 18.4 Å². The summed E-state index contributed by atoms with van der Waals surface area (Å²) in [6.07, 6.45) is -2.58. The number of anilines is 2. The maximum Gasteiger partial charge on any atom is 0.416 e. The van der Waals surface area contributed by atoms with Crippen molar-refractivity contribution in [2.24, 2.45) is 7.05 Å². The zero-order valence-electron chi connectivity index (χ0n) is 26.9. The number of hydrogen-bond acceptors (Lipinski definition) is 8. The minimum atomic E-state index is -4.67. The number of likely N-dealkylation sites (N-methyl/N-ethyl adjacent to an activating group) is 1. The predicted octanol–water partition coefficient (Wildman–Crippen LogP) is 3.71. The highest BCUT2D eigenvalue weighted by Gasteiger charge is 2.34. The largest absolute Gasteiger partial charge is 0.416 e. The van der Waals surface area contributed by atoms with Gasteiger partial charge in [0.05, 0.1) is 27.3 Å². The molecule has 0 radical (unpaired) electrons. The lowest BCUT2D eigenvalue weighted by molar-refractivity contribution is -0.138. The average Bonchev–Trinajstić information content (AvgIpc) is 3.41. The number of halogens is 3. The number of rotatable bonds is 7. The van der Waals surface area contributed by atoms with E-state index in [4.69, 9.17) is 5.73 Å². The molecule has 11 nitrogen and oxygen atoms in total. The maximum atomic E-state index is 14.1. The molecule has 4 aromatic rings. The van der Waals surface area contributed by atoms with E-state index in [9.17, 15) is 26.4 Å². The predicted molar refractivity (Wildman–Crippen MR) is 179 cm³/mol. The number of amides is 1. The van der Waals surface area contributed by atoms with Crippen molar-refractivity contribution >= 4 is 27.6 Å². The highest BCUT2D eigenvalue weighted by Crippen LogP contribution is 2.35. The first-order valence-electron chi connectivity index (χ1n) is 15.7. The quantitative estimate of drug-likeness (QED) is 0.250. The molecule has 1 saturated heterocycles. The summed E-state index contributed by atoms with van der Waals surface area (Å²) in [4.78, 5) is 24.9. The van der Waals surface area contributed by atoms with E-state index < -0.39 is 21.8 Å². The molecule has 2 aliphatic rings. The molecule has 2 aromatic carbocycles. The van der Waals surface area contributed by atoms with Crippen LogP contribution in [0.4, 0.5) is 24.8 Å². The van der Waals surface area contributed by atoms with Crippen LogP contribution in [0.1, 0.15) is 45.2 Å². The average molecular weight is 693 g/mol. The molecule has 2 aliphatic heterocycles. The van der Waals surface area contributed by atoms with Crippen LogP contribution >= 0.6 is 0 Å². The Balaban J connectivity index is 1.24. The Hall–Kier alpha value is -4.91. The van der Waals surface area contributed by atoms with Gasteiger partial charge in [0.15, 0.2) is 0 Å². The number of hydrogen-bond donors (Lipinski definition) is 3. The summed E-state index contributed by atoms with van der Waals surface area (Å²) >= 11 is 0. The Kier molecular flexibility index (Phi) is 9.39. The molecule has 0 atom stereocenters. The molecular weight excluding hydrogens is 657 g/mol. The van der Waals surface area contributed by atoms with Crippen molar-refractivity contribution in [1.82, 2.24) is 29.7 Å². The van der Waals surface area contributed by atoms with Crippen LogP contribution in [-0.4, -0.2) is 77.9 Å². The molecule has 6 rings (SSSR count). The molecule has 0 saturated carbocycles. The van der Waals surface area contributed by atoms with Gasteiger partial charge in [-0.2, -0.15) is 13.2 Å². The molecule has 0 spiro atoms. The van der Waals surface area contributed by atoms with E-state index in [-0.39, 0.29) is 34.5 Å². The first kappa shape index (κ1) is 34.0. The molecule has 1 amide bonds. The Morgan fingerprint density at radius 3 is 2.51 bits per heavy atom. The first-order valence-corrected chi connectivity index (χ1v) is 17.2.